The van der Waals surface area contributed by atoms with E-state index in [0.717, 1.165) is 48.1 Å². The maximum absolute atomic E-state index is 12.7. The molecule has 1 aliphatic carbocycles. The van der Waals surface area contributed by atoms with E-state index < -0.39 is 6.67 Å². The maximum Gasteiger partial charge on any atom is 0.262 e. The number of hydrogen-bond donors (Lipinski definition) is 0. The molecule has 2 aromatic rings. The average molecular weight is 280 g/mol. The largest absolute Gasteiger partial charge is 0.293 e. The minimum absolute atomic E-state index is 0.0366. The van der Waals surface area contributed by atoms with Gasteiger partial charge in [0.05, 0.1) is 11.9 Å². The molecule has 0 radical (unpaired) electrons. The fraction of sp³-hybridized carbons (Fsp3) is 0.571. The second-order valence-corrected chi connectivity index (χ2v) is 6.04. The monoisotopic (exact) mass is 280 g/mol. The van der Waals surface area contributed by atoms with Crippen LogP contribution in [-0.2, 0) is 25.8 Å². The third-order valence-electron chi connectivity index (χ3n) is 3.69. The Bertz CT molecular complexity index is 674. The van der Waals surface area contributed by atoms with Crippen LogP contribution >= 0.6 is 11.3 Å². The summed E-state index contributed by atoms with van der Waals surface area (Å²) >= 11 is 1.65. The molecule has 1 aliphatic rings. The summed E-state index contributed by atoms with van der Waals surface area (Å²) in [6.07, 6.45) is 4.79. The van der Waals surface area contributed by atoms with Gasteiger partial charge in [0.1, 0.15) is 17.3 Å². The van der Waals surface area contributed by atoms with Gasteiger partial charge in [0.25, 0.3) is 5.56 Å². The number of hydrogen-bond acceptors (Lipinski definition) is 3. The number of aryl methyl sites for hydroxylation is 3. The number of thiophene rings is 1. The Morgan fingerprint density at radius 2 is 2.26 bits per heavy atom. The van der Waals surface area contributed by atoms with Gasteiger partial charge in [0.15, 0.2) is 0 Å². The van der Waals surface area contributed by atoms with Crippen LogP contribution in [0.5, 0.6) is 0 Å². The average Bonchev–Trinajstić information content (AvgIpc) is 2.94. The third kappa shape index (κ3) is 2.00. The number of fused-ring (bicyclic) bond motifs is 3. The zero-order valence-corrected chi connectivity index (χ0v) is 11.9. The lowest BCUT2D eigenvalue weighted by Crippen LogP contribution is -2.26. The lowest BCUT2D eigenvalue weighted by molar-refractivity contribution is 0.431. The van der Waals surface area contributed by atoms with Crippen molar-refractivity contribution in [3.8, 4) is 0 Å². The summed E-state index contributed by atoms with van der Waals surface area (Å²) in [5, 5.41) is 0.755. The van der Waals surface area contributed by atoms with Gasteiger partial charge in [-0.3, -0.25) is 9.36 Å². The highest BCUT2D eigenvalue weighted by atomic mass is 32.1. The molecular weight excluding hydrogens is 263 g/mol. The van der Waals surface area contributed by atoms with Gasteiger partial charge in [0.2, 0.25) is 0 Å². The van der Waals surface area contributed by atoms with Gasteiger partial charge in [-0.05, 0) is 31.2 Å². The van der Waals surface area contributed by atoms with Gasteiger partial charge in [-0.2, -0.15) is 0 Å². The van der Waals surface area contributed by atoms with Gasteiger partial charge in [-0.15, -0.1) is 11.3 Å². The molecule has 0 bridgehead atoms. The molecule has 0 saturated heterocycles. The van der Waals surface area contributed by atoms with E-state index in [1.807, 2.05) is 6.92 Å². The first-order valence-electron chi connectivity index (χ1n) is 6.86. The van der Waals surface area contributed by atoms with Crippen LogP contribution in [0, 0.1) is 0 Å². The van der Waals surface area contributed by atoms with Crippen LogP contribution in [0.4, 0.5) is 4.39 Å². The maximum atomic E-state index is 12.7. The van der Waals surface area contributed by atoms with Crippen LogP contribution in [0.25, 0.3) is 10.2 Å². The van der Waals surface area contributed by atoms with Crippen LogP contribution < -0.4 is 5.56 Å². The minimum atomic E-state index is -0.518. The van der Waals surface area contributed by atoms with Crippen molar-refractivity contribution in [1.29, 1.82) is 0 Å². The predicted molar refractivity (Wildman–Crippen MR) is 75.9 cm³/mol. The second-order valence-electron chi connectivity index (χ2n) is 4.96. The van der Waals surface area contributed by atoms with Crippen LogP contribution in [0.15, 0.2) is 4.79 Å². The zero-order valence-electron chi connectivity index (χ0n) is 11.0. The first-order valence-corrected chi connectivity index (χ1v) is 7.67. The van der Waals surface area contributed by atoms with Gasteiger partial charge in [-0.1, -0.05) is 6.92 Å². The van der Waals surface area contributed by atoms with Crippen LogP contribution in [0.2, 0.25) is 0 Å². The summed E-state index contributed by atoms with van der Waals surface area (Å²) in [6.45, 7) is 1.66. The van der Waals surface area contributed by atoms with Crippen molar-refractivity contribution >= 4 is 21.6 Å². The Morgan fingerprint density at radius 3 is 3.00 bits per heavy atom. The van der Waals surface area contributed by atoms with Gasteiger partial charge >= 0.3 is 0 Å². The van der Waals surface area contributed by atoms with Crippen LogP contribution in [-0.4, -0.2) is 16.2 Å². The molecule has 0 unspecified atom stereocenters. The third-order valence-corrected chi connectivity index (χ3v) is 4.87. The first kappa shape index (κ1) is 12.8. The number of halogens is 1. The van der Waals surface area contributed by atoms with E-state index in [1.165, 1.54) is 15.0 Å². The molecule has 0 aromatic carbocycles. The highest BCUT2D eigenvalue weighted by Crippen LogP contribution is 2.34. The van der Waals surface area contributed by atoms with Crippen LogP contribution in [0.1, 0.15) is 36.0 Å². The molecule has 0 saturated carbocycles. The quantitative estimate of drug-likeness (QED) is 0.863. The number of rotatable bonds is 4. The Hall–Kier alpha value is -1.23. The summed E-state index contributed by atoms with van der Waals surface area (Å²) in [5.41, 5.74) is 1.14. The highest BCUT2D eigenvalue weighted by molar-refractivity contribution is 7.18. The molecule has 0 amide bonds. The Labute approximate surface area is 115 Å². The predicted octanol–water partition coefficient (Wildman–Crippen LogP) is 2.87. The van der Waals surface area contributed by atoms with E-state index in [1.54, 1.807) is 11.3 Å². The fourth-order valence-corrected chi connectivity index (χ4v) is 4.12. The summed E-state index contributed by atoms with van der Waals surface area (Å²) in [5.74, 6) is 0.734. The van der Waals surface area contributed by atoms with Crippen molar-refractivity contribution in [2.45, 2.75) is 45.6 Å². The van der Waals surface area contributed by atoms with Crippen molar-refractivity contribution < 1.29 is 4.39 Å². The molecule has 0 fully saturated rings. The van der Waals surface area contributed by atoms with Crippen molar-refractivity contribution in [3.05, 3.63) is 26.6 Å². The molecule has 3 nitrogen and oxygen atoms in total. The molecule has 5 heteroatoms. The lowest BCUT2D eigenvalue weighted by atomic mass is 10.2. The molecule has 0 atom stereocenters. The Kier molecular flexibility index (Phi) is 3.39. The molecule has 102 valence electrons. The van der Waals surface area contributed by atoms with Crippen molar-refractivity contribution in [2.75, 3.05) is 6.67 Å². The molecule has 0 spiro atoms. The van der Waals surface area contributed by atoms with E-state index in [-0.39, 0.29) is 12.1 Å². The van der Waals surface area contributed by atoms with Crippen molar-refractivity contribution in [1.82, 2.24) is 9.55 Å². The smallest absolute Gasteiger partial charge is 0.262 e. The summed E-state index contributed by atoms with van der Waals surface area (Å²) in [4.78, 5) is 19.4. The van der Waals surface area contributed by atoms with Gasteiger partial charge in [0, 0.05) is 11.3 Å². The van der Waals surface area contributed by atoms with Crippen molar-refractivity contribution in [2.24, 2.45) is 0 Å². The van der Waals surface area contributed by atoms with E-state index >= 15 is 0 Å². The molecule has 0 N–H and O–H groups in total. The van der Waals surface area contributed by atoms with E-state index in [0.29, 0.717) is 0 Å². The molecule has 2 aromatic heterocycles. The van der Waals surface area contributed by atoms with E-state index in [2.05, 4.69) is 4.98 Å². The molecular formula is C14H17FN2OS. The van der Waals surface area contributed by atoms with E-state index in [4.69, 9.17) is 0 Å². The molecule has 3 rings (SSSR count). The van der Waals surface area contributed by atoms with Crippen LogP contribution in [0.3, 0.4) is 0 Å². The minimum Gasteiger partial charge on any atom is -0.293 e. The van der Waals surface area contributed by atoms with Crippen molar-refractivity contribution in [3.63, 3.8) is 0 Å². The number of aromatic nitrogens is 2. The van der Waals surface area contributed by atoms with Gasteiger partial charge < -0.3 is 0 Å². The fourth-order valence-electron chi connectivity index (χ4n) is 2.85. The first-order chi connectivity index (χ1) is 9.26. The topological polar surface area (TPSA) is 34.9 Å². The highest BCUT2D eigenvalue weighted by Gasteiger charge is 2.22. The molecule has 0 aliphatic heterocycles. The Balaban J connectivity index is 2.27. The number of nitrogens with zero attached hydrogens (tertiary/aromatic N) is 2. The summed E-state index contributed by atoms with van der Waals surface area (Å²) in [6, 6.07) is 0. The Morgan fingerprint density at radius 1 is 1.42 bits per heavy atom. The van der Waals surface area contributed by atoms with Gasteiger partial charge in [-0.25, -0.2) is 9.37 Å². The SMILES string of the molecule is CCCc1nc2sc3c(c2c(=O)n1CCF)CCC3. The number of alkyl halides is 1. The lowest BCUT2D eigenvalue weighted by Gasteiger charge is -2.10. The normalized spacial score (nSPS) is 14.2. The summed E-state index contributed by atoms with van der Waals surface area (Å²) < 4.78 is 14.2. The summed E-state index contributed by atoms with van der Waals surface area (Å²) in [7, 11) is 0. The standard InChI is InChI=1S/C14H17FN2OS/c1-2-4-11-16-13-12(14(18)17(11)8-7-15)9-5-3-6-10(9)19-13/h2-8H2,1H3. The zero-order chi connectivity index (χ0) is 13.4. The molecule has 19 heavy (non-hydrogen) atoms. The second kappa shape index (κ2) is 5.04. The van der Waals surface area contributed by atoms with E-state index in [9.17, 15) is 9.18 Å². The molecule has 2 heterocycles.